The van der Waals surface area contributed by atoms with Gasteiger partial charge in [-0.05, 0) is 37.8 Å². The predicted octanol–water partition coefficient (Wildman–Crippen LogP) is 2.47. The topological polar surface area (TPSA) is 63.6 Å². The number of methoxy groups -OCH3 is 1. The van der Waals surface area contributed by atoms with Gasteiger partial charge in [0.15, 0.2) is 6.04 Å². The van der Waals surface area contributed by atoms with Crippen LogP contribution in [0.5, 0.6) is 0 Å². The van der Waals surface area contributed by atoms with Crippen LogP contribution in [0.2, 0.25) is 0 Å². The third kappa shape index (κ3) is 3.16. The molecule has 134 valence electrons. The molecule has 25 heavy (non-hydrogen) atoms. The Morgan fingerprint density at radius 2 is 2.16 bits per heavy atom. The number of ketones is 1. The van der Waals surface area contributed by atoms with Gasteiger partial charge in [-0.15, -0.1) is 11.3 Å². The number of carbonyl (C=O) groups is 2. The van der Waals surface area contributed by atoms with Crippen LogP contribution in [0.4, 0.5) is 0 Å². The van der Waals surface area contributed by atoms with E-state index in [9.17, 15) is 9.59 Å². The molecule has 1 aliphatic rings. The van der Waals surface area contributed by atoms with Crippen molar-refractivity contribution in [2.75, 3.05) is 13.7 Å². The van der Waals surface area contributed by atoms with Crippen molar-refractivity contribution in [3.8, 4) is 0 Å². The fraction of sp³-hybridized carbons (Fsp3) is 0.474. The number of carbonyl (C=O) groups excluding carboxylic acids is 2. The second-order valence-electron chi connectivity index (χ2n) is 6.74. The first-order chi connectivity index (χ1) is 12.0. The van der Waals surface area contributed by atoms with Gasteiger partial charge < -0.3 is 14.6 Å². The molecule has 2 aromatic rings. The molecular weight excluding hydrogens is 336 g/mol. The maximum Gasteiger partial charge on any atom is 0.339 e. The summed E-state index contributed by atoms with van der Waals surface area (Å²) in [4.78, 5) is 30.9. The number of likely N-dealkylation sites (tertiary alicyclic amines) is 1. The SMILES string of the molecule is COC(=O)c1c(C)[nH]c(C(=O)[C@H](C)[NH+]2CCC[C@@H]2c2cccs2)c1C. The van der Waals surface area contributed by atoms with E-state index >= 15 is 0 Å². The van der Waals surface area contributed by atoms with Gasteiger partial charge in [0.25, 0.3) is 0 Å². The van der Waals surface area contributed by atoms with Crippen LogP contribution >= 0.6 is 11.3 Å². The molecule has 6 heteroatoms. The lowest BCUT2D eigenvalue weighted by Crippen LogP contribution is -3.14. The molecule has 0 radical (unpaired) electrons. The number of aryl methyl sites for hydroxylation is 1. The van der Waals surface area contributed by atoms with Crippen LogP contribution in [0.15, 0.2) is 17.5 Å². The first kappa shape index (κ1) is 17.9. The van der Waals surface area contributed by atoms with Crippen molar-refractivity contribution >= 4 is 23.1 Å². The normalized spacial score (nSPS) is 21.3. The molecule has 3 rings (SSSR count). The zero-order chi connectivity index (χ0) is 18.1. The van der Waals surface area contributed by atoms with Crippen molar-refractivity contribution in [1.29, 1.82) is 0 Å². The van der Waals surface area contributed by atoms with E-state index in [2.05, 4.69) is 22.5 Å². The Balaban J connectivity index is 1.87. The Bertz CT molecular complexity index is 779. The summed E-state index contributed by atoms with van der Waals surface area (Å²) in [6, 6.07) is 4.47. The molecule has 3 heterocycles. The van der Waals surface area contributed by atoms with Gasteiger partial charge >= 0.3 is 5.97 Å². The van der Waals surface area contributed by atoms with Gasteiger partial charge in [0.2, 0.25) is 5.78 Å². The second-order valence-corrected chi connectivity index (χ2v) is 7.72. The molecule has 1 fully saturated rings. The average Bonchev–Trinajstić information content (AvgIpc) is 3.32. The van der Waals surface area contributed by atoms with Crippen molar-refractivity contribution < 1.29 is 19.2 Å². The van der Waals surface area contributed by atoms with Crippen molar-refractivity contribution in [2.45, 2.75) is 45.7 Å². The van der Waals surface area contributed by atoms with Crippen molar-refractivity contribution in [1.82, 2.24) is 4.98 Å². The average molecular weight is 361 g/mol. The second kappa shape index (κ2) is 7.14. The summed E-state index contributed by atoms with van der Waals surface area (Å²) in [5, 5.41) is 2.10. The molecule has 5 nitrogen and oxygen atoms in total. The highest BCUT2D eigenvalue weighted by Gasteiger charge is 2.39. The third-order valence-corrected chi connectivity index (χ3v) is 6.30. The van der Waals surface area contributed by atoms with Gasteiger partial charge in [0.05, 0.1) is 29.8 Å². The number of quaternary nitrogens is 1. The van der Waals surface area contributed by atoms with Crippen molar-refractivity contribution in [2.24, 2.45) is 0 Å². The van der Waals surface area contributed by atoms with E-state index < -0.39 is 5.97 Å². The van der Waals surface area contributed by atoms with E-state index in [1.54, 1.807) is 18.3 Å². The van der Waals surface area contributed by atoms with E-state index in [-0.39, 0.29) is 11.8 Å². The summed E-state index contributed by atoms with van der Waals surface area (Å²) >= 11 is 1.76. The quantitative estimate of drug-likeness (QED) is 0.635. The summed E-state index contributed by atoms with van der Waals surface area (Å²) in [6.45, 7) is 6.61. The largest absolute Gasteiger partial charge is 0.465 e. The van der Waals surface area contributed by atoms with Gasteiger partial charge in [-0.3, -0.25) is 4.79 Å². The van der Waals surface area contributed by atoms with Crippen LogP contribution < -0.4 is 4.90 Å². The minimum atomic E-state index is -0.400. The highest BCUT2D eigenvalue weighted by Crippen LogP contribution is 2.25. The molecule has 3 atom stereocenters. The zero-order valence-corrected chi connectivity index (χ0v) is 16.0. The van der Waals surface area contributed by atoms with E-state index in [0.717, 1.165) is 19.4 Å². The number of ether oxygens (including phenoxy) is 1. The fourth-order valence-electron chi connectivity index (χ4n) is 3.99. The number of rotatable bonds is 5. The number of nitrogens with one attached hydrogen (secondary N) is 2. The fourth-order valence-corrected chi connectivity index (χ4v) is 4.90. The number of H-pyrrole nitrogens is 1. The lowest BCUT2D eigenvalue weighted by atomic mass is 10.0. The molecule has 0 aromatic carbocycles. The number of hydrogen-bond acceptors (Lipinski definition) is 4. The third-order valence-electron chi connectivity index (χ3n) is 5.32. The number of aromatic nitrogens is 1. The van der Waals surface area contributed by atoms with Gasteiger partial charge in [-0.25, -0.2) is 4.79 Å². The van der Waals surface area contributed by atoms with E-state index in [0.29, 0.717) is 28.6 Å². The van der Waals surface area contributed by atoms with E-state index in [4.69, 9.17) is 4.74 Å². The molecule has 2 N–H and O–H groups in total. The Kier molecular flexibility index (Phi) is 5.11. The highest BCUT2D eigenvalue weighted by molar-refractivity contribution is 7.10. The number of esters is 1. The van der Waals surface area contributed by atoms with E-state index in [1.165, 1.54) is 16.9 Å². The lowest BCUT2D eigenvalue weighted by Gasteiger charge is -2.26. The zero-order valence-electron chi connectivity index (χ0n) is 15.1. The van der Waals surface area contributed by atoms with Gasteiger partial charge in [-0.1, -0.05) is 6.07 Å². The summed E-state index contributed by atoms with van der Waals surface area (Å²) in [7, 11) is 1.36. The first-order valence-electron chi connectivity index (χ1n) is 8.66. The maximum atomic E-state index is 13.1. The monoisotopic (exact) mass is 361 g/mol. The summed E-state index contributed by atoms with van der Waals surface area (Å²) in [6.07, 6.45) is 2.25. The van der Waals surface area contributed by atoms with Crippen molar-refractivity contribution in [3.63, 3.8) is 0 Å². The molecule has 0 bridgehead atoms. The van der Waals surface area contributed by atoms with Crippen molar-refractivity contribution in [3.05, 3.63) is 44.9 Å². The van der Waals surface area contributed by atoms with Crippen LogP contribution in [0.3, 0.4) is 0 Å². The van der Waals surface area contributed by atoms with Crippen LogP contribution in [-0.4, -0.2) is 36.4 Å². The van der Waals surface area contributed by atoms with E-state index in [1.807, 2.05) is 13.8 Å². The van der Waals surface area contributed by atoms with Crippen LogP contribution in [-0.2, 0) is 4.74 Å². The predicted molar refractivity (Wildman–Crippen MR) is 97.5 cm³/mol. The molecule has 1 saturated heterocycles. The van der Waals surface area contributed by atoms with Gasteiger partial charge in [-0.2, -0.15) is 0 Å². The summed E-state index contributed by atoms with van der Waals surface area (Å²) < 4.78 is 4.84. The van der Waals surface area contributed by atoms with Crippen LogP contribution in [0.1, 0.15) is 62.8 Å². The summed E-state index contributed by atoms with van der Waals surface area (Å²) in [5.74, 6) is -0.336. The van der Waals surface area contributed by atoms with Gasteiger partial charge in [0, 0.05) is 18.5 Å². The molecule has 0 saturated carbocycles. The lowest BCUT2D eigenvalue weighted by molar-refractivity contribution is -0.931. The molecule has 0 amide bonds. The Labute approximate surface area is 152 Å². The molecule has 1 unspecified atom stereocenters. The Morgan fingerprint density at radius 1 is 1.40 bits per heavy atom. The number of Topliss-reactive ketones (excluding diaryl/α,β-unsaturated/α-hetero) is 1. The minimum absolute atomic E-state index is 0.0641. The molecule has 2 aromatic heterocycles. The molecule has 0 spiro atoms. The van der Waals surface area contributed by atoms with Crippen LogP contribution in [0.25, 0.3) is 0 Å². The summed E-state index contributed by atoms with van der Waals surface area (Å²) in [5.41, 5.74) is 2.39. The number of thiophene rings is 1. The highest BCUT2D eigenvalue weighted by atomic mass is 32.1. The number of aromatic amines is 1. The van der Waals surface area contributed by atoms with Crippen LogP contribution in [0, 0.1) is 13.8 Å². The van der Waals surface area contributed by atoms with Gasteiger partial charge in [0.1, 0.15) is 6.04 Å². The molecular formula is C19H25N2O3S+. The minimum Gasteiger partial charge on any atom is -0.465 e. The Hall–Kier alpha value is -1.92. The molecule has 0 aliphatic carbocycles. The standard InChI is InChI=1S/C19H24N2O3S/c1-11-16(19(23)24-4)12(2)20-17(11)18(22)13(3)21-9-5-7-14(21)15-8-6-10-25-15/h6,8,10,13-14,20H,5,7,9H2,1-4H3/p+1/t13-,14+/m0/s1. The maximum absolute atomic E-state index is 13.1. The number of hydrogen-bond donors (Lipinski definition) is 2. The molecule has 1 aliphatic heterocycles. The smallest absolute Gasteiger partial charge is 0.339 e. The first-order valence-corrected chi connectivity index (χ1v) is 9.54. The Morgan fingerprint density at radius 3 is 2.80 bits per heavy atom.